The maximum Gasteiger partial charge on any atom is 0.237 e. The zero-order chi connectivity index (χ0) is 20.4. The highest BCUT2D eigenvalue weighted by molar-refractivity contribution is 7.99. The molecule has 0 saturated carbocycles. The first-order valence-electron chi connectivity index (χ1n) is 10.0. The van der Waals surface area contributed by atoms with Gasteiger partial charge in [-0.2, -0.15) is 0 Å². The average molecular weight is 411 g/mol. The smallest absolute Gasteiger partial charge is 0.237 e. The Hall–Kier alpha value is -2.54. The quantitative estimate of drug-likeness (QED) is 0.553. The van der Waals surface area contributed by atoms with Crippen LogP contribution in [0.5, 0.6) is 0 Å². The highest BCUT2D eigenvalue weighted by atomic mass is 32.2. The Bertz CT molecular complexity index is 981. The van der Waals surface area contributed by atoms with E-state index in [1.807, 2.05) is 35.2 Å². The molecule has 1 aliphatic rings. The maximum absolute atomic E-state index is 13.1. The molecular formula is C22H26N4O2S. The lowest BCUT2D eigenvalue weighted by Crippen LogP contribution is -2.43. The van der Waals surface area contributed by atoms with Crippen LogP contribution in [0.4, 0.5) is 5.69 Å². The first kappa shape index (κ1) is 19.8. The molecule has 1 amide bonds. The van der Waals surface area contributed by atoms with Gasteiger partial charge in [0.1, 0.15) is 0 Å². The summed E-state index contributed by atoms with van der Waals surface area (Å²) in [6.07, 6.45) is 3.64. The summed E-state index contributed by atoms with van der Waals surface area (Å²) < 4.78 is 7.57. The van der Waals surface area contributed by atoms with Crippen molar-refractivity contribution in [3.63, 3.8) is 0 Å². The first-order valence-corrected chi connectivity index (χ1v) is 11.0. The van der Waals surface area contributed by atoms with E-state index in [-0.39, 0.29) is 11.9 Å². The summed E-state index contributed by atoms with van der Waals surface area (Å²) >= 11 is 1.44. The van der Waals surface area contributed by atoms with Crippen LogP contribution in [0.25, 0.3) is 11.6 Å². The minimum Gasteiger partial charge on any atom is -0.461 e. The number of anilines is 1. The Labute approximate surface area is 175 Å². The number of thioether (sulfide) groups is 1. The third kappa shape index (κ3) is 4.10. The van der Waals surface area contributed by atoms with Crippen LogP contribution in [-0.4, -0.2) is 32.5 Å². The number of aromatic nitrogens is 3. The lowest BCUT2D eigenvalue weighted by atomic mass is 9.97. The van der Waals surface area contributed by atoms with E-state index in [4.69, 9.17) is 4.42 Å². The molecule has 29 heavy (non-hydrogen) atoms. The summed E-state index contributed by atoms with van der Waals surface area (Å²) in [4.78, 5) is 15.1. The minimum atomic E-state index is 0.105. The number of carbonyl (C=O) groups is 1. The molecule has 1 atom stereocenters. The molecule has 1 aromatic carbocycles. The van der Waals surface area contributed by atoms with Crippen molar-refractivity contribution in [3.8, 4) is 11.6 Å². The summed E-state index contributed by atoms with van der Waals surface area (Å²) in [5, 5.41) is 9.42. The zero-order valence-electron chi connectivity index (χ0n) is 17.0. The van der Waals surface area contributed by atoms with Gasteiger partial charge in [-0.05, 0) is 49.4 Å². The van der Waals surface area contributed by atoms with Gasteiger partial charge in [0, 0.05) is 18.3 Å². The largest absolute Gasteiger partial charge is 0.461 e. The lowest BCUT2D eigenvalue weighted by molar-refractivity contribution is -0.116. The van der Waals surface area contributed by atoms with Gasteiger partial charge < -0.3 is 9.32 Å². The predicted octanol–water partition coefficient (Wildman–Crippen LogP) is 4.65. The van der Waals surface area contributed by atoms with Gasteiger partial charge in [-0.15, -0.1) is 10.2 Å². The third-order valence-electron chi connectivity index (χ3n) is 5.12. The second-order valence-electron chi connectivity index (χ2n) is 7.86. The zero-order valence-corrected chi connectivity index (χ0v) is 17.9. The van der Waals surface area contributed by atoms with E-state index < -0.39 is 0 Å². The molecule has 0 saturated heterocycles. The highest BCUT2D eigenvalue weighted by Crippen LogP contribution is 2.32. The van der Waals surface area contributed by atoms with Crippen LogP contribution in [0.1, 0.15) is 32.8 Å². The van der Waals surface area contributed by atoms with Crippen molar-refractivity contribution < 1.29 is 9.21 Å². The normalized spacial score (nSPS) is 16.3. The number of benzene rings is 1. The van der Waals surface area contributed by atoms with Crippen molar-refractivity contribution >= 4 is 23.4 Å². The van der Waals surface area contributed by atoms with Crippen molar-refractivity contribution in [2.75, 3.05) is 10.7 Å². The Balaban J connectivity index is 1.54. The van der Waals surface area contributed by atoms with E-state index in [1.165, 1.54) is 17.3 Å². The molecule has 1 aliphatic heterocycles. The van der Waals surface area contributed by atoms with Crippen LogP contribution in [-0.2, 0) is 17.8 Å². The molecule has 4 rings (SSSR count). The molecule has 2 aromatic heterocycles. The number of para-hydroxylation sites is 1. The molecule has 152 valence electrons. The number of furan rings is 1. The van der Waals surface area contributed by atoms with Gasteiger partial charge in [-0.25, -0.2) is 0 Å². The number of fused-ring (bicyclic) bond motifs is 1. The van der Waals surface area contributed by atoms with Gasteiger partial charge in [0.15, 0.2) is 16.7 Å². The average Bonchev–Trinajstić information content (AvgIpc) is 3.35. The van der Waals surface area contributed by atoms with E-state index in [9.17, 15) is 4.79 Å². The van der Waals surface area contributed by atoms with Crippen LogP contribution in [0.2, 0.25) is 0 Å². The summed E-state index contributed by atoms with van der Waals surface area (Å²) in [6, 6.07) is 12.1. The highest BCUT2D eigenvalue weighted by Gasteiger charge is 2.28. The van der Waals surface area contributed by atoms with E-state index in [0.717, 1.165) is 30.2 Å². The van der Waals surface area contributed by atoms with Crippen molar-refractivity contribution in [2.24, 2.45) is 5.92 Å². The lowest BCUT2D eigenvalue weighted by Gasteiger charge is -2.35. The van der Waals surface area contributed by atoms with Gasteiger partial charge in [-0.3, -0.25) is 9.36 Å². The Kier molecular flexibility index (Phi) is 5.76. The van der Waals surface area contributed by atoms with Gasteiger partial charge in [-0.1, -0.05) is 43.8 Å². The van der Waals surface area contributed by atoms with E-state index in [1.54, 1.807) is 6.26 Å². The van der Waals surface area contributed by atoms with Gasteiger partial charge in [0.25, 0.3) is 0 Å². The van der Waals surface area contributed by atoms with E-state index >= 15 is 0 Å². The number of aryl methyl sites for hydroxylation is 1. The molecule has 0 spiro atoms. The van der Waals surface area contributed by atoms with Crippen LogP contribution < -0.4 is 4.90 Å². The second kappa shape index (κ2) is 8.45. The Morgan fingerprint density at radius 1 is 1.24 bits per heavy atom. The van der Waals surface area contributed by atoms with E-state index in [0.29, 0.717) is 23.3 Å². The molecule has 0 fully saturated rings. The minimum absolute atomic E-state index is 0.105. The fourth-order valence-electron chi connectivity index (χ4n) is 3.78. The van der Waals surface area contributed by atoms with Crippen molar-refractivity contribution in [1.29, 1.82) is 0 Å². The van der Waals surface area contributed by atoms with Gasteiger partial charge >= 0.3 is 0 Å². The van der Waals surface area contributed by atoms with Crippen LogP contribution in [0.3, 0.4) is 0 Å². The molecule has 0 aliphatic carbocycles. The monoisotopic (exact) mass is 410 g/mol. The molecular weight excluding hydrogens is 384 g/mol. The molecule has 3 heterocycles. The molecule has 3 aromatic rings. The number of hydrogen-bond acceptors (Lipinski definition) is 5. The molecule has 0 bridgehead atoms. The topological polar surface area (TPSA) is 64.2 Å². The summed E-state index contributed by atoms with van der Waals surface area (Å²) in [7, 11) is 0. The first-order chi connectivity index (χ1) is 14.0. The molecule has 0 radical (unpaired) electrons. The maximum atomic E-state index is 13.1. The van der Waals surface area contributed by atoms with E-state index in [2.05, 4.69) is 41.6 Å². The molecule has 0 N–H and O–H groups in total. The van der Waals surface area contributed by atoms with Gasteiger partial charge in [0.05, 0.1) is 12.0 Å². The fraction of sp³-hybridized carbons (Fsp3) is 0.409. The van der Waals surface area contributed by atoms with Crippen molar-refractivity contribution in [2.45, 2.75) is 51.4 Å². The SMILES string of the molecule is CC(C)Cn1c(SCC(=O)N2c3ccccc3CCC2C)nnc1-c1ccco1. The fourth-order valence-corrected chi connectivity index (χ4v) is 4.58. The molecule has 7 heteroatoms. The predicted molar refractivity (Wildman–Crippen MR) is 115 cm³/mol. The summed E-state index contributed by atoms with van der Waals surface area (Å²) in [6.45, 7) is 7.19. The number of carbonyl (C=O) groups excluding carboxylic acids is 1. The van der Waals surface area contributed by atoms with Crippen LogP contribution in [0.15, 0.2) is 52.2 Å². The van der Waals surface area contributed by atoms with Crippen molar-refractivity contribution in [3.05, 3.63) is 48.2 Å². The number of rotatable bonds is 6. The number of hydrogen-bond donors (Lipinski definition) is 0. The molecule has 1 unspecified atom stereocenters. The summed E-state index contributed by atoms with van der Waals surface area (Å²) in [5.41, 5.74) is 2.28. The Morgan fingerprint density at radius 3 is 2.83 bits per heavy atom. The third-order valence-corrected chi connectivity index (χ3v) is 6.07. The van der Waals surface area contributed by atoms with Crippen molar-refractivity contribution in [1.82, 2.24) is 14.8 Å². The second-order valence-corrected chi connectivity index (χ2v) is 8.80. The number of nitrogens with zero attached hydrogens (tertiary/aromatic N) is 4. The number of amides is 1. The molecule has 6 nitrogen and oxygen atoms in total. The van der Waals surface area contributed by atoms with Gasteiger partial charge in [0.2, 0.25) is 5.91 Å². The standard InChI is InChI=1S/C22H26N4O2S/c1-15(2)13-25-21(19-9-6-12-28-19)23-24-22(25)29-14-20(27)26-16(3)10-11-17-7-4-5-8-18(17)26/h4-9,12,15-16H,10-11,13-14H2,1-3H3. The summed E-state index contributed by atoms with van der Waals surface area (Å²) in [5.74, 6) is 2.25. The van der Waals surface area contributed by atoms with Crippen LogP contribution >= 0.6 is 11.8 Å². The van der Waals surface area contributed by atoms with Crippen LogP contribution in [0, 0.1) is 5.92 Å². The Morgan fingerprint density at radius 2 is 2.07 bits per heavy atom.